The van der Waals surface area contributed by atoms with Gasteiger partial charge in [0.15, 0.2) is 0 Å². The summed E-state index contributed by atoms with van der Waals surface area (Å²) in [7, 11) is 0. The van der Waals surface area contributed by atoms with E-state index in [1.165, 1.54) is 0 Å². The third-order valence-corrected chi connectivity index (χ3v) is 2.96. The summed E-state index contributed by atoms with van der Waals surface area (Å²) in [6, 6.07) is 0. The molecule has 1 saturated heterocycles. The van der Waals surface area contributed by atoms with Crippen molar-refractivity contribution in [2.75, 3.05) is 33.0 Å². The fourth-order valence-corrected chi connectivity index (χ4v) is 1.72. The van der Waals surface area contributed by atoms with Gasteiger partial charge in [-0.3, -0.25) is 0 Å². The van der Waals surface area contributed by atoms with Crippen molar-refractivity contribution in [1.82, 2.24) is 5.32 Å². The Balaban J connectivity index is 2.25. The van der Waals surface area contributed by atoms with Gasteiger partial charge in [0.2, 0.25) is 0 Å². The highest BCUT2D eigenvalue weighted by Gasteiger charge is 2.25. The summed E-state index contributed by atoms with van der Waals surface area (Å²) in [5.74, 6) is 0. The van der Waals surface area contributed by atoms with Crippen LogP contribution in [0.4, 0.5) is 0 Å². The minimum absolute atomic E-state index is 0.107. The average Bonchev–Trinajstić information content (AvgIpc) is 2.35. The van der Waals surface area contributed by atoms with E-state index in [2.05, 4.69) is 12.2 Å². The van der Waals surface area contributed by atoms with Crippen molar-refractivity contribution in [2.45, 2.75) is 44.8 Å². The van der Waals surface area contributed by atoms with Crippen LogP contribution >= 0.6 is 0 Å². The number of hydrogen-bond donors (Lipinski definition) is 2. The van der Waals surface area contributed by atoms with Gasteiger partial charge in [0, 0.05) is 13.2 Å². The van der Waals surface area contributed by atoms with E-state index in [9.17, 15) is 5.11 Å². The van der Waals surface area contributed by atoms with Crippen molar-refractivity contribution in [3.8, 4) is 0 Å². The molecule has 2 N–H and O–H groups in total. The first-order valence-electron chi connectivity index (χ1n) is 6.25. The summed E-state index contributed by atoms with van der Waals surface area (Å²) < 4.78 is 11.1. The molecular weight excluding hydrogens is 206 g/mol. The maximum atomic E-state index is 9.37. The van der Waals surface area contributed by atoms with Crippen LogP contribution in [0.5, 0.6) is 0 Å². The SMILES string of the molecule is CCCNC(C)(CO)COC1CCOCC1. The summed E-state index contributed by atoms with van der Waals surface area (Å²) in [5, 5.41) is 12.7. The lowest BCUT2D eigenvalue weighted by Crippen LogP contribution is -2.50. The normalized spacial score (nSPS) is 21.9. The molecule has 0 amide bonds. The number of rotatable bonds is 7. The summed E-state index contributed by atoms with van der Waals surface area (Å²) >= 11 is 0. The van der Waals surface area contributed by atoms with E-state index in [-0.39, 0.29) is 12.1 Å². The van der Waals surface area contributed by atoms with Crippen molar-refractivity contribution < 1.29 is 14.6 Å². The van der Waals surface area contributed by atoms with Gasteiger partial charge in [-0.25, -0.2) is 0 Å². The van der Waals surface area contributed by atoms with Crippen LogP contribution in [-0.4, -0.2) is 49.7 Å². The van der Waals surface area contributed by atoms with Crippen molar-refractivity contribution in [3.05, 3.63) is 0 Å². The van der Waals surface area contributed by atoms with E-state index < -0.39 is 0 Å². The second-order valence-corrected chi connectivity index (χ2v) is 4.77. The molecule has 1 aliphatic heterocycles. The fourth-order valence-electron chi connectivity index (χ4n) is 1.72. The Bertz CT molecular complexity index is 183. The summed E-state index contributed by atoms with van der Waals surface area (Å²) in [4.78, 5) is 0. The summed E-state index contributed by atoms with van der Waals surface area (Å²) in [6.45, 7) is 7.29. The average molecular weight is 231 g/mol. The van der Waals surface area contributed by atoms with E-state index in [1.807, 2.05) is 6.92 Å². The molecule has 96 valence electrons. The van der Waals surface area contributed by atoms with Crippen LogP contribution in [0, 0.1) is 0 Å². The third-order valence-electron chi connectivity index (χ3n) is 2.96. The largest absolute Gasteiger partial charge is 0.394 e. The molecule has 16 heavy (non-hydrogen) atoms. The molecular formula is C12H25NO3. The van der Waals surface area contributed by atoms with E-state index in [1.54, 1.807) is 0 Å². The molecule has 0 saturated carbocycles. The van der Waals surface area contributed by atoms with Gasteiger partial charge in [0.25, 0.3) is 0 Å². The topological polar surface area (TPSA) is 50.7 Å². The van der Waals surface area contributed by atoms with Gasteiger partial charge in [-0.2, -0.15) is 0 Å². The van der Waals surface area contributed by atoms with Crippen molar-refractivity contribution in [3.63, 3.8) is 0 Å². The molecule has 1 fully saturated rings. The van der Waals surface area contributed by atoms with Crippen LogP contribution in [0.25, 0.3) is 0 Å². The lowest BCUT2D eigenvalue weighted by molar-refractivity contribution is -0.0563. The van der Waals surface area contributed by atoms with Crippen molar-refractivity contribution >= 4 is 0 Å². The van der Waals surface area contributed by atoms with Crippen LogP contribution in [0.3, 0.4) is 0 Å². The van der Waals surface area contributed by atoms with Crippen LogP contribution in [-0.2, 0) is 9.47 Å². The number of aliphatic hydroxyl groups excluding tert-OH is 1. The Hall–Kier alpha value is -0.160. The lowest BCUT2D eigenvalue weighted by atomic mass is 10.0. The molecule has 1 atom stereocenters. The highest BCUT2D eigenvalue weighted by Crippen LogP contribution is 2.13. The second-order valence-electron chi connectivity index (χ2n) is 4.77. The molecule has 1 heterocycles. The van der Waals surface area contributed by atoms with Gasteiger partial charge < -0.3 is 19.9 Å². The first-order chi connectivity index (χ1) is 7.70. The molecule has 0 spiro atoms. The quantitative estimate of drug-likeness (QED) is 0.684. The highest BCUT2D eigenvalue weighted by atomic mass is 16.5. The zero-order valence-corrected chi connectivity index (χ0v) is 10.5. The maximum Gasteiger partial charge on any atom is 0.0671 e. The minimum atomic E-state index is -0.311. The standard InChI is InChI=1S/C12H25NO3/c1-3-6-13-12(2,9-14)10-16-11-4-7-15-8-5-11/h11,13-14H,3-10H2,1-2H3. The number of nitrogens with one attached hydrogen (secondary N) is 1. The number of aliphatic hydroxyl groups is 1. The van der Waals surface area contributed by atoms with Gasteiger partial charge in [-0.05, 0) is 32.7 Å². The van der Waals surface area contributed by atoms with E-state index in [4.69, 9.17) is 9.47 Å². The Morgan fingerprint density at radius 3 is 2.69 bits per heavy atom. The van der Waals surface area contributed by atoms with Crippen molar-refractivity contribution in [1.29, 1.82) is 0 Å². The van der Waals surface area contributed by atoms with E-state index in [0.29, 0.717) is 12.7 Å². The number of ether oxygens (including phenoxy) is 2. The molecule has 0 bridgehead atoms. The van der Waals surface area contributed by atoms with Crippen LogP contribution in [0.1, 0.15) is 33.1 Å². The highest BCUT2D eigenvalue weighted by molar-refractivity contribution is 4.82. The first kappa shape index (κ1) is 13.9. The molecule has 4 nitrogen and oxygen atoms in total. The van der Waals surface area contributed by atoms with Gasteiger partial charge in [0.05, 0.1) is 24.9 Å². The molecule has 0 aromatic carbocycles. The molecule has 1 aliphatic rings. The minimum Gasteiger partial charge on any atom is -0.394 e. The summed E-state index contributed by atoms with van der Waals surface area (Å²) in [5.41, 5.74) is -0.311. The predicted molar refractivity (Wildman–Crippen MR) is 63.6 cm³/mol. The Morgan fingerprint density at radius 2 is 2.12 bits per heavy atom. The maximum absolute atomic E-state index is 9.37. The Labute approximate surface area is 98.3 Å². The molecule has 4 heteroatoms. The zero-order valence-electron chi connectivity index (χ0n) is 10.5. The monoisotopic (exact) mass is 231 g/mol. The Kier molecular flexibility index (Phi) is 6.28. The molecule has 0 aromatic rings. The van der Waals surface area contributed by atoms with Gasteiger partial charge in [-0.1, -0.05) is 6.92 Å². The molecule has 1 rings (SSSR count). The molecule has 1 unspecified atom stereocenters. The first-order valence-corrected chi connectivity index (χ1v) is 6.25. The third kappa shape index (κ3) is 4.78. The van der Waals surface area contributed by atoms with Crippen molar-refractivity contribution in [2.24, 2.45) is 0 Å². The smallest absolute Gasteiger partial charge is 0.0671 e. The van der Waals surface area contributed by atoms with E-state index >= 15 is 0 Å². The van der Waals surface area contributed by atoms with Crippen LogP contribution in [0.15, 0.2) is 0 Å². The fraction of sp³-hybridized carbons (Fsp3) is 1.00. The van der Waals surface area contributed by atoms with Crippen LogP contribution in [0.2, 0.25) is 0 Å². The predicted octanol–water partition coefficient (Wildman–Crippen LogP) is 0.933. The molecule has 0 radical (unpaired) electrons. The molecule has 0 aliphatic carbocycles. The van der Waals surface area contributed by atoms with Gasteiger partial charge >= 0.3 is 0 Å². The van der Waals surface area contributed by atoms with Gasteiger partial charge in [0.1, 0.15) is 0 Å². The zero-order chi connectivity index (χ0) is 11.9. The molecule has 0 aromatic heterocycles. The van der Waals surface area contributed by atoms with E-state index in [0.717, 1.165) is 39.0 Å². The second kappa shape index (κ2) is 7.22. The lowest BCUT2D eigenvalue weighted by Gasteiger charge is -2.32. The Morgan fingerprint density at radius 1 is 1.44 bits per heavy atom. The number of hydrogen-bond acceptors (Lipinski definition) is 4. The van der Waals surface area contributed by atoms with Gasteiger partial charge in [-0.15, -0.1) is 0 Å². The summed E-state index contributed by atoms with van der Waals surface area (Å²) in [6.07, 6.45) is 3.29. The van der Waals surface area contributed by atoms with Crippen LogP contribution < -0.4 is 5.32 Å².